The van der Waals surface area contributed by atoms with Crippen LogP contribution in [0.1, 0.15) is 19.8 Å². The average Bonchev–Trinajstić information content (AvgIpc) is 2.77. The quantitative estimate of drug-likeness (QED) is 0.856. The van der Waals surface area contributed by atoms with E-state index in [1.54, 1.807) is 0 Å². The number of fused-ring (bicyclic) bond motifs is 1. The van der Waals surface area contributed by atoms with Crippen molar-refractivity contribution < 1.29 is 15.3 Å². The third kappa shape index (κ3) is 1.97. The molecular weight excluding hydrogens is 209 g/mol. The maximum Gasteiger partial charge on any atom is 0.231 e. The van der Waals surface area contributed by atoms with Crippen molar-refractivity contribution in [2.45, 2.75) is 18.9 Å². The van der Waals surface area contributed by atoms with Crippen LogP contribution in [-0.4, -0.2) is 26.6 Å². The molecule has 0 bridgehead atoms. The second-order valence-electron chi connectivity index (χ2n) is 3.95. The number of likely N-dealkylation sites (N-methyl/N-ethyl adjacent to an activating group) is 1. The highest BCUT2D eigenvalue weighted by Crippen LogP contribution is 2.35. The Morgan fingerprint density at radius 1 is 1.44 bits per heavy atom. The van der Waals surface area contributed by atoms with Crippen LogP contribution in [0.3, 0.4) is 0 Å². The molecule has 0 amide bonds. The number of nitrogens with one attached hydrogen (secondary N) is 1. The van der Waals surface area contributed by atoms with Crippen LogP contribution in [0.2, 0.25) is 0 Å². The molecule has 0 aromatic heterocycles. The van der Waals surface area contributed by atoms with Gasteiger partial charge in [-0.3, -0.25) is 4.39 Å². The minimum atomic E-state index is -0.387. The summed E-state index contributed by atoms with van der Waals surface area (Å²) >= 11 is 0. The molecule has 0 spiro atoms. The fourth-order valence-corrected chi connectivity index (χ4v) is 1.86. The van der Waals surface area contributed by atoms with E-state index in [9.17, 15) is 4.39 Å². The fourth-order valence-electron chi connectivity index (χ4n) is 1.86. The van der Waals surface area contributed by atoms with Crippen LogP contribution in [0.4, 0.5) is 4.39 Å². The standard InChI is InChI=1S/C12H16FNO2.H2/c1-8(14-2)10(6-13)9-3-4-11-12(5-9)16-7-15-11;/h3-5,8,10,14H,6-7H2,1-2H3;1H/t8-,10-;/m0./s1. The number of alkyl halides is 1. The smallest absolute Gasteiger partial charge is 0.231 e. The van der Waals surface area contributed by atoms with Gasteiger partial charge < -0.3 is 14.8 Å². The molecule has 1 N–H and O–H groups in total. The molecule has 0 saturated carbocycles. The van der Waals surface area contributed by atoms with E-state index >= 15 is 0 Å². The van der Waals surface area contributed by atoms with Crippen LogP contribution < -0.4 is 14.8 Å². The topological polar surface area (TPSA) is 30.5 Å². The van der Waals surface area contributed by atoms with Crippen molar-refractivity contribution in [3.8, 4) is 11.5 Å². The molecule has 0 radical (unpaired) electrons. The highest BCUT2D eigenvalue weighted by molar-refractivity contribution is 5.45. The van der Waals surface area contributed by atoms with Crippen LogP contribution in [0, 0.1) is 0 Å². The summed E-state index contributed by atoms with van der Waals surface area (Å²) in [6.07, 6.45) is 0. The molecule has 1 aromatic rings. The molecule has 0 fully saturated rings. The summed E-state index contributed by atoms with van der Waals surface area (Å²) in [4.78, 5) is 0. The van der Waals surface area contributed by atoms with E-state index in [2.05, 4.69) is 5.32 Å². The average molecular weight is 227 g/mol. The largest absolute Gasteiger partial charge is 0.454 e. The van der Waals surface area contributed by atoms with Crippen molar-refractivity contribution >= 4 is 0 Å². The van der Waals surface area contributed by atoms with Crippen LogP contribution in [0.5, 0.6) is 11.5 Å². The summed E-state index contributed by atoms with van der Waals surface area (Å²) < 4.78 is 23.5. The van der Waals surface area contributed by atoms with Crippen molar-refractivity contribution in [1.29, 1.82) is 0 Å². The van der Waals surface area contributed by atoms with Gasteiger partial charge in [-0.15, -0.1) is 0 Å². The molecule has 3 nitrogen and oxygen atoms in total. The van der Waals surface area contributed by atoms with E-state index in [4.69, 9.17) is 9.47 Å². The number of halogens is 1. The molecule has 0 saturated heterocycles. The molecule has 90 valence electrons. The molecule has 4 heteroatoms. The van der Waals surface area contributed by atoms with E-state index < -0.39 is 0 Å². The number of benzene rings is 1. The molecule has 16 heavy (non-hydrogen) atoms. The van der Waals surface area contributed by atoms with Gasteiger partial charge in [0.2, 0.25) is 6.79 Å². The third-order valence-corrected chi connectivity index (χ3v) is 3.05. The molecule has 1 aliphatic rings. The molecule has 1 aliphatic heterocycles. The number of hydrogen-bond donors (Lipinski definition) is 1. The summed E-state index contributed by atoms with van der Waals surface area (Å²) in [5.41, 5.74) is 0.939. The van der Waals surface area contributed by atoms with Gasteiger partial charge >= 0.3 is 0 Å². The Morgan fingerprint density at radius 2 is 2.19 bits per heavy atom. The third-order valence-electron chi connectivity index (χ3n) is 3.05. The number of rotatable bonds is 4. The lowest BCUT2D eigenvalue weighted by Gasteiger charge is -2.21. The van der Waals surface area contributed by atoms with Crippen LogP contribution in [-0.2, 0) is 0 Å². The Labute approximate surface area is 96.0 Å². The lowest BCUT2D eigenvalue weighted by Crippen LogP contribution is -2.30. The van der Waals surface area contributed by atoms with Gasteiger partial charge in [-0.25, -0.2) is 0 Å². The van der Waals surface area contributed by atoms with Crippen molar-refractivity contribution in [3.05, 3.63) is 23.8 Å². The van der Waals surface area contributed by atoms with Crippen molar-refractivity contribution in [2.24, 2.45) is 0 Å². The SMILES string of the molecule is CN[C@@H](C)[C@H](CF)c1ccc2c(c1)OCO2.[HH]. The van der Waals surface area contributed by atoms with Gasteiger partial charge in [0.05, 0.1) is 6.67 Å². The van der Waals surface area contributed by atoms with E-state index in [0.29, 0.717) is 5.75 Å². The van der Waals surface area contributed by atoms with Gasteiger partial charge in [0.15, 0.2) is 11.5 Å². The monoisotopic (exact) mass is 227 g/mol. The minimum absolute atomic E-state index is 0. The second-order valence-corrected chi connectivity index (χ2v) is 3.95. The maximum absolute atomic E-state index is 13.0. The van der Waals surface area contributed by atoms with Crippen LogP contribution in [0.25, 0.3) is 0 Å². The molecule has 0 unspecified atom stereocenters. The lowest BCUT2D eigenvalue weighted by molar-refractivity contribution is 0.174. The first-order valence-electron chi connectivity index (χ1n) is 5.39. The van der Waals surface area contributed by atoms with Crippen molar-refractivity contribution in [3.63, 3.8) is 0 Å². The number of ether oxygens (including phenoxy) is 2. The molecule has 2 rings (SSSR count). The molecule has 1 aromatic carbocycles. The van der Waals surface area contributed by atoms with Crippen molar-refractivity contribution in [1.82, 2.24) is 5.32 Å². The van der Waals surface area contributed by atoms with E-state index in [-0.39, 0.29) is 26.9 Å². The van der Waals surface area contributed by atoms with Gasteiger partial charge in [0, 0.05) is 13.4 Å². The van der Waals surface area contributed by atoms with E-state index in [0.717, 1.165) is 11.3 Å². The zero-order chi connectivity index (χ0) is 11.5. The van der Waals surface area contributed by atoms with Gasteiger partial charge in [0.1, 0.15) is 0 Å². The Bertz CT molecular complexity index is 376. The summed E-state index contributed by atoms with van der Waals surface area (Å²) in [6, 6.07) is 5.68. The van der Waals surface area contributed by atoms with Crippen molar-refractivity contribution in [2.75, 3.05) is 20.5 Å². The Balaban J connectivity index is 0.00000144. The zero-order valence-electron chi connectivity index (χ0n) is 9.50. The van der Waals surface area contributed by atoms with Crippen LogP contribution >= 0.6 is 0 Å². The summed E-state index contributed by atoms with van der Waals surface area (Å²) in [6.45, 7) is 1.83. The van der Waals surface area contributed by atoms with Gasteiger partial charge in [-0.05, 0) is 31.7 Å². The Hall–Kier alpha value is -1.29. The summed E-state index contributed by atoms with van der Waals surface area (Å²) in [5, 5.41) is 3.07. The molecule has 1 heterocycles. The first-order chi connectivity index (χ1) is 7.76. The van der Waals surface area contributed by atoms with Crippen LogP contribution in [0.15, 0.2) is 18.2 Å². The highest BCUT2D eigenvalue weighted by Gasteiger charge is 2.21. The van der Waals surface area contributed by atoms with E-state index in [1.165, 1.54) is 0 Å². The predicted molar refractivity (Wildman–Crippen MR) is 61.9 cm³/mol. The highest BCUT2D eigenvalue weighted by atomic mass is 19.1. The molecular formula is C12H18FNO2. The summed E-state index contributed by atoms with van der Waals surface area (Å²) in [5.74, 6) is 1.29. The summed E-state index contributed by atoms with van der Waals surface area (Å²) in [7, 11) is 1.83. The predicted octanol–water partition coefficient (Wildman–Crippen LogP) is 2.32. The molecule has 0 aliphatic carbocycles. The Morgan fingerprint density at radius 3 is 2.88 bits per heavy atom. The van der Waals surface area contributed by atoms with Gasteiger partial charge in [-0.1, -0.05) is 6.07 Å². The molecule has 2 atom stereocenters. The fraction of sp³-hybridized carbons (Fsp3) is 0.500. The number of hydrogen-bond acceptors (Lipinski definition) is 3. The minimum Gasteiger partial charge on any atom is -0.454 e. The lowest BCUT2D eigenvalue weighted by atomic mass is 9.93. The Kier molecular flexibility index (Phi) is 3.29. The zero-order valence-corrected chi connectivity index (χ0v) is 9.50. The second kappa shape index (κ2) is 4.70. The first-order valence-corrected chi connectivity index (χ1v) is 5.39. The van der Waals surface area contributed by atoms with Gasteiger partial charge in [0.25, 0.3) is 0 Å². The first kappa shape index (κ1) is 11.2. The normalized spacial score (nSPS) is 17.2. The maximum atomic E-state index is 13.0. The van der Waals surface area contributed by atoms with Gasteiger partial charge in [-0.2, -0.15) is 0 Å². The van der Waals surface area contributed by atoms with E-state index in [1.807, 2.05) is 32.2 Å².